The molecule has 0 aliphatic carbocycles. The molecular formula is C6H6N4OS. The van der Waals surface area contributed by atoms with Crippen LogP contribution >= 0.6 is 11.3 Å². The fraction of sp³-hybridized carbons (Fsp3) is 0.167. The molecule has 0 spiro atoms. The van der Waals surface area contributed by atoms with Gasteiger partial charge in [0.25, 0.3) is 0 Å². The van der Waals surface area contributed by atoms with Crippen LogP contribution < -0.4 is 0 Å². The summed E-state index contributed by atoms with van der Waals surface area (Å²) in [6, 6.07) is 3.79. The third-order valence-electron chi connectivity index (χ3n) is 1.30. The largest absolute Gasteiger partial charge is 0.388 e. The number of nitrogens with zero attached hydrogens (tertiary/aromatic N) is 4. The van der Waals surface area contributed by atoms with Crippen molar-refractivity contribution in [3.05, 3.63) is 23.3 Å². The summed E-state index contributed by atoms with van der Waals surface area (Å²) in [5.74, 6) is 0.336. The van der Waals surface area contributed by atoms with Gasteiger partial charge in [-0.3, -0.25) is 0 Å². The highest BCUT2D eigenvalue weighted by Crippen LogP contribution is 2.11. The minimum Gasteiger partial charge on any atom is -0.388 e. The van der Waals surface area contributed by atoms with Gasteiger partial charge < -0.3 is 5.11 Å². The van der Waals surface area contributed by atoms with Crippen molar-refractivity contribution < 1.29 is 5.11 Å². The maximum absolute atomic E-state index is 8.67. The second kappa shape index (κ2) is 3.00. The van der Waals surface area contributed by atoms with Gasteiger partial charge in [0.05, 0.1) is 0 Å². The second-order valence-corrected chi connectivity index (χ2v) is 3.03. The van der Waals surface area contributed by atoms with Gasteiger partial charge in [-0.25, -0.2) is 0 Å². The number of tetrazole rings is 1. The van der Waals surface area contributed by atoms with E-state index in [1.54, 1.807) is 0 Å². The molecule has 5 nitrogen and oxygen atoms in total. The van der Waals surface area contributed by atoms with Gasteiger partial charge in [0.15, 0.2) is 0 Å². The van der Waals surface area contributed by atoms with E-state index < -0.39 is 0 Å². The quantitative estimate of drug-likeness (QED) is 0.721. The van der Waals surface area contributed by atoms with Crippen LogP contribution in [-0.4, -0.2) is 25.3 Å². The molecule has 0 unspecified atom stereocenters. The highest BCUT2D eigenvalue weighted by molar-refractivity contribution is 7.12. The van der Waals surface area contributed by atoms with E-state index in [-0.39, 0.29) is 6.61 Å². The summed E-state index contributed by atoms with van der Waals surface area (Å²) >= 11 is 1.52. The molecule has 0 fully saturated rings. The highest BCUT2D eigenvalue weighted by Gasteiger charge is 2.02. The number of thiophene rings is 1. The molecule has 2 rings (SSSR count). The topological polar surface area (TPSA) is 63.8 Å². The first kappa shape index (κ1) is 7.38. The molecule has 0 amide bonds. The van der Waals surface area contributed by atoms with Crippen LogP contribution in [-0.2, 0) is 6.61 Å². The number of hydrogen-bond donors (Lipinski definition) is 1. The summed E-state index contributed by atoms with van der Waals surface area (Å²) in [4.78, 5) is 1.40. The van der Waals surface area contributed by atoms with Crippen molar-refractivity contribution in [2.75, 3.05) is 0 Å². The average Bonchev–Trinajstić information content (AvgIpc) is 2.75. The molecule has 1 N–H and O–H groups in total. The van der Waals surface area contributed by atoms with Crippen LogP contribution in [0.3, 0.4) is 0 Å². The van der Waals surface area contributed by atoms with E-state index in [4.69, 9.17) is 5.11 Å². The lowest BCUT2D eigenvalue weighted by molar-refractivity contribution is 0.271. The minimum absolute atomic E-state index is 0.175. The highest BCUT2D eigenvalue weighted by atomic mass is 32.1. The van der Waals surface area contributed by atoms with E-state index >= 15 is 0 Å². The first-order valence-corrected chi connectivity index (χ1v) is 4.22. The monoisotopic (exact) mass is 182 g/mol. The van der Waals surface area contributed by atoms with Crippen molar-refractivity contribution in [3.8, 4) is 5.00 Å². The molecule has 6 heteroatoms. The smallest absolute Gasteiger partial charge is 0.200 e. The Morgan fingerprint density at radius 2 is 2.50 bits per heavy atom. The Morgan fingerprint density at radius 1 is 1.58 bits per heavy atom. The molecule has 2 aromatic heterocycles. The third-order valence-corrected chi connectivity index (χ3v) is 2.13. The summed E-state index contributed by atoms with van der Waals surface area (Å²) < 4.78 is 0. The van der Waals surface area contributed by atoms with Gasteiger partial charge in [0, 0.05) is 0 Å². The van der Waals surface area contributed by atoms with E-state index in [0.29, 0.717) is 5.82 Å². The zero-order valence-electron chi connectivity index (χ0n) is 6.08. The van der Waals surface area contributed by atoms with Crippen molar-refractivity contribution in [2.24, 2.45) is 0 Å². The number of aromatic nitrogens is 4. The Morgan fingerprint density at radius 3 is 3.08 bits per heavy atom. The van der Waals surface area contributed by atoms with Crippen LogP contribution in [0.2, 0.25) is 0 Å². The lowest BCUT2D eigenvalue weighted by Crippen LogP contribution is -1.95. The molecular weight excluding hydrogens is 176 g/mol. The Bertz CT molecular complexity index is 355. The Balaban J connectivity index is 2.35. The fourth-order valence-corrected chi connectivity index (χ4v) is 1.41. The molecule has 0 aliphatic heterocycles. The van der Waals surface area contributed by atoms with Gasteiger partial charge in [-0.1, -0.05) is 0 Å². The maximum Gasteiger partial charge on any atom is 0.200 e. The van der Waals surface area contributed by atoms with Crippen molar-refractivity contribution in [3.63, 3.8) is 0 Å². The first-order valence-electron chi connectivity index (χ1n) is 3.34. The fourth-order valence-electron chi connectivity index (χ4n) is 0.784. The molecule has 2 aromatic rings. The van der Waals surface area contributed by atoms with E-state index in [1.807, 2.05) is 17.5 Å². The molecule has 0 saturated heterocycles. The zero-order valence-corrected chi connectivity index (χ0v) is 6.90. The molecule has 0 aliphatic rings. The predicted molar refractivity (Wildman–Crippen MR) is 43.0 cm³/mol. The number of aliphatic hydroxyl groups is 1. The molecule has 2 heterocycles. The van der Waals surface area contributed by atoms with Crippen molar-refractivity contribution in [1.82, 2.24) is 20.2 Å². The second-order valence-electron chi connectivity index (χ2n) is 2.10. The van der Waals surface area contributed by atoms with E-state index in [1.165, 1.54) is 16.1 Å². The number of aliphatic hydroxyl groups excluding tert-OH is 1. The van der Waals surface area contributed by atoms with Gasteiger partial charge >= 0.3 is 0 Å². The minimum atomic E-state index is -0.175. The standard InChI is InChI=1S/C6H6N4OS/c11-4-5-7-9-10(8-5)6-2-1-3-12-6/h1-3,11H,4H2. The summed E-state index contributed by atoms with van der Waals surface area (Å²) in [5, 5.41) is 22.8. The SMILES string of the molecule is OCc1nnn(-c2cccs2)n1. The van der Waals surface area contributed by atoms with Gasteiger partial charge in [-0.15, -0.1) is 26.3 Å². The number of hydrogen-bond acceptors (Lipinski definition) is 5. The van der Waals surface area contributed by atoms with Crippen LogP contribution in [0.15, 0.2) is 17.5 Å². The van der Waals surface area contributed by atoms with Gasteiger partial charge in [0.2, 0.25) is 5.82 Å². The van der Waals surface area contributed by atoms with E-state index in [0.717, 1.165) is 5.00 Å². The van der Waals surface area contributed by atoms with Crippen LogP contribution in [0.1, 0.15) is 5.82 Å². The molecule has 62 valence electrons. The molecule has 0 radical (unpaired) electrons. The van der Waals surface area contributed by atoms with Crippen molar-refractivity contribution >= 4 is 11.3 Å². The average molecular weight is 182 g/mol. The third kappa shape index (κ3) is 1.21. The molecule has 0 aromatic carbocycles. The summed E-state index contributed by atoms with van der Waals surface area (Å²) in [5.41, 5.74) is 0. The Kier molecular flexibility index (Phi) is 1.84. The first-order chi connectivity index (χ1) is 5.90. The van der Waals surface area contributed by atoms with Crippen LogP contribution in [0.4, 0.5) is 0 Å². The van der Waals surface area contributed by atoms with E-state index in [2.05, 4.69) is 15.4 Å². The lowest BCUT2D eigenvalue weighted by atomic mass is 10.6. The molecule has 0 bridgehead atoms. The normalized spacial score (nSPS) is 10.4. The number of rotatable bonds is 2. The summed E-state index contributed by atoms with van der Waals surface area (Å²) in [7, 11) is 0. The Hall–Kier alpha value is -1.27. The van der Waals surface area contributed by atoms with Gasteiger partial charge in [-0.2, -0.15) is 0 Å². The van der Waals surface area contributed by atoms with Crippen LogP contribution in [0.5, 0.6) is 0 Å². The molecule has 0 atom stereocenters. The molecule has 12 heavy (non-hydrogen) atoms. The summed E-state index contributed by atoms with van der Waals surface area (Å²) in [6.45, 7) is -0.175. The van der Waals surface area contributed by atoms with Crippen molar-refractivity contribution in [2.45, 2.75) is 6.61 Å². The lowest BCUT2D eigenvalue weighted by Gasteiger charge is -1.88. The van der Waals surface area contributed by atoms with Crippen LogP contribution in [0.25, 0.3) is 5.00 Å². The van der Waals surface area contributed by atoms with Gasteiger partial charge in [-0.05, 0) is 22.7 Å². The Labute approximate surface area is 72.3 Å². The zero-order chi connectivity index (χ0) is 8.39. The van der Waals surface area contributed by atoms with Gasteiger partial charge in [0.1, 0.15) is 11.6 Å². The predicted octanol–water partition coefficient (Wildman–Crippen LogP) is 0.216. The van der Waals surface area contributed by atoms with Crippen LogP contribution in [0, 0.1) is 0 Å². The van der Waals surface area contributed by atoms with E-state index in [9.17, 15) is 0 Å². The maximum atomic E-state index is 8.67. The molecule has 0 saturated carbocycles. The van der Waals surface area contributed by atoms with Crippen molar-refractivity contribution in [1.29, 1.82) is 0 Å². The summed E-state index contributed by atoms with van der Waals surface area (Å²) in [6.07, 6.45) is 0.